The number of nitrogens with zero attached hydrogens (tertiary/aromatic N) is 1. The summed E-state index contributed by atoms with van der Waals surface area (Å²) in [7, 11) is 1.31. The van der Waals surface area contributed by atoms with Crippen LogP contribution < -0.4 is 5.32 Å². The van der Waals surface area contributed by atoms with Crippen molar-refractivity contribution in [3.63, 3.8) is 0 Å². The normalized spacial score (nSPS) is 20.4. The maximum Gasteiger partial charge on any atom is 0.339 e. The first-order valence-electron chi connectivity index (χ1n) is 13.2. The molecule has 1 saturated carbocycles. The Bertz CT molecular complexity index is 1990. The largest absolute Gasteiger partial charge is 0.465 e. The van der Waals surface area contributed by atoms with Crippen molar-refractivity contribution in [3.8, 4) is 0 Å². The summed E-state index contributed by atoms with van der Waals surface area (Å²) in [6, 6.07) is 16.2. The number of carbonyl (C=O) groups excluding carboxylic acids is 4. The molecule has 5 aromatic rings. The summed E-state index contributed by atoms with van der Waals surface area (Å²) in [5.74, 6) is -1.12. The number of ketones is 1. The van der Waals surface area contributed by atoms with Gasteiger partial charge in [-0.25, -0.2) is 4.79 Å². The van der Waals surface area contributed by atoms with Crippen molar-refractivity contribution in [1.29, 1.82) is 0 Å². The van der Waals surface area contributed by atoms with E-state index in [-0.39, 0.29) is 29.3 Å². The van der Waals surface area contributed by atoms with Gasteiger partial charge < -0.3 is 29.3 Å². The fourth-order valence-corrected chi connectivity index (χ4v) is 6.56. The highest BCUT2D eigenvalue weighted by Gasteiger charge is 2.68. The quantitative estimate of drug-likeness (QED) is 0.278. The lowest BCUT2D eigenvalue weighted by Crippen LogP contribution is -2.34. The van der Waals surface area contributed by atoms with E-state index in [1.165, 1.54) is 19.4 Å². The van der Waals surface area contributed by atoms with Gasteiger partial charge in [-0.2, -0.15) is 0 Å². The second kappa shape index (κ2) is 8.07. The maximum absolute atomic E-state index is 13.8. The molecule has 2 fully saturated rings. The van der Waals surface area contributed by atoms with Crippen LogP contribution in [0.4, 0.5) is 5.69 Å². The predicted octanol–water partition coefficient (Wildman–Crippen LogP) is 4.78. The Hall–Kier alpha value is -5.38. The number of allylic oxidation sites excluding steroid dienone is 2. The van der Waals surface area contributed by atoms with Gasteiger partial charge in [-0.3, -0.25) is 14.4 Å². The average molecular weight is 547 g/mol. The van der Waals surface area contributed by atoms with E-state index in [4.69, 9.17) is 9.15 Å². The molecule has 1 spiro atoms. The molecule has 4 heterocycles. The van der Waals surface area contributed by atoms with Gasteiger partial charge in [-0.15, -0.1) is 0 Å². The van der Waals surface area contributed by atoms with E-state index < -0.39 is 11.4 Å². The number of furan rings is 1. The Morgan fingerprint density at radius 1 is 1.10 bits per heavy atom. The number of fused-ring (bicyclic) bond motifs is 3. The number of aromatic amines is 2. The lowest BCUT2D eigenvalue weighted by Gasteiger charge is -2.28. The van der Waals surface area contributed by atoms with Gasteiger partial charge in [0.25, 0.3) is 11.8 Å². The van der Waals surface area contributed by atoms with Gasteiger partial charge in [0.2, 0.25) is 5.78 Å². The van der Waals surface area contributed by atoms with Crippen LogP contribution in [-0.2, 0) is 10.2 Å². The molecule has 10 heteroatoms. The van der Waals surface area contributed by atoms with Gasteiger partial charge >= 0.3 is 5.97 Å². The number of piperidine rings is 1. The van der Waals surface area contributed by atoms with Crippen LogP contribution in [0.2, 0.25) is 0 Å². The standard InChI is InChI=1S/C31H22N4O6/c1-40-30(39)19-13-32-27-22(36)11-25-31(26(19)27)12-17(31)14-35(25)29(38)21-9-16-8-18(6-7-20(16)34-21)33-28(37)24-10-15-4-2-3-5-23(15)41-24/h2-11,13,17,32,34H,12,14H2,1H3,(H,33,37)/t17-,31+/m1/s1. The molecule has 2 atom stereocenters. The van der Waals surface area contributed by atoms with Crippen LogP contribution in [0, 0.1) is 5.92 Å². The summed E-state index contributed by atoms with van der Waals surface area (Å²) in [5, 5.41) is 4.43. The molecule has 0 radical (unpaired) electrons. The van der Waals surface area contributed by atoms with Crippen LogP contribution in [-0.4, -0.2) is 52.1 Å². The molecule has 41 heavy (non-hydrogen) atoms. The Morgan fingerprint density at radius 2 is 1.95 bits per heavy atom. The molecule has 0 unspecified atom stereocenters. The molecule has 2 aromatic carbocycles. The Balaban J connectivity index is 1.07. The molecular formula is C31H22N4O6. The van der Waals surface area contributed by atoms with Crippen molar-refractivity contribution >= 4 is 51.1 Å². The topological polar surface area (TPSA) is 138 Å². The van der Waals surface area contributed by atoms with Crippen molar-refractivity contribution in [2.24, 2.45) is 5.92 Å². The fourth-order valence-electron chi connectivity index (χ4n) is 6.56. The number of benzene rings is 2. The molecule has 3 N–H and O–H groups in total. The van der Waals surface area contributed by atoms with E-state index >= 15 is 0 Å². The Morgan fingerprint density at radius 3 is 2.78 bits per heavy atom. The van der Waals surface area contributed by atoms with Crippen LogP contribution >= 0.6 is 0 Å². The number of methoxy groups -OCH3 is 1. The highest BCUT2D eigenvalue weighted by Crippen LogP contribution is 2.67. The number of para-hydroxylation sites is 1. The number of amides is 2. The third-order valence-electron chi connectivity index (χ3n) is 8.51. The lowest BCUT2D eigenvalue weighted by atomic mass is 9.83. The molecule has 3 aromatic heterocycles. The monoisotopic (exact) mass is 546 g/mol. The Labute approximate surface area is 231 Å². The van der Waals surface area contributed by atoms with E-state index in [1.54, 1.807) is 41.3 Å². The first-order valence-corrected chi connectivity index (χ1v) is 13.2. The van der Waals surface area contributed by atoms with Gasteiger partial charge in [-0.05, 0) is 48.7 Å². The second-order valence-corrected chi connectivity index (χ2v) is 10.7. The summed E-state index contributed by atoms with van der Waals surface area (Å²) in [4.78, 5) is 59.8. The summed E-state index contributed by atoms with van der Waals surface area (Å²) in [5.41, 5.74) is 3.69. The SMILES string of the molecule is COC(=O)c1c[nH]c2c1[C@@]13C[C@@H]1CN(C(=O)c1cc4cc(NC(=O)c5cc6ccccc6o5)ccc4[nH]1)C3=CC2=O. The average Bonchev–Trinajstić information content (AvgIpc) is 3.47. The van der Waals surface area contributed by atoms with Crippen molar-refractivity contribution < 1.29 is 28.3 Å². The van der Waals surface area contributed by atoms with Gasteiger partial charge in [0.1, 0.15) is 11.3 Å². The molecular weight excluding hydrogens is 524 g/mol. The Kier molecular flexibility index (Phi) is 4.63. The summed E-state index contributed by atoms with van der Waals surface area (Å²) in [6.45, 7) is 0.442. The zero-order valence-corrected chi connectivity index (χ0v) is 21.7. The maximum atomic E-state index is 13.8. The van der Waals surface area contributed by atoms with E-state index in [0.717, 1.165) is 22.7 Å². The van der Waals surface area contributed by atoms with Gasteiger partial charge in [0.05, 0.1) is 18.4 Å². The molecule has 2 aliphatic carbocycles. The van der Waals surface area contributed by atoms with Crippen LogP contribution in [0.15, 0.2) is 77.0 Å². The van der Waals surface area contributed by atoms with Crippen molar-refractivity contribution in [2.75, 3.05) is 19.0 Å². The summed E-state index contributed by atoms with van der Waals surface area (Å²) < 4.78 is 10.6. The third-order valence-corrected chi connectivity index (χ3v) is 8.51. The number of hydrogen-bond acceptors (Lipinski definition) is 6. The number of aromatic nitrogens is 2. The zero-order chi connectivity index (χ0) is 28.0. The second-order valence-electron chi connectivity index (χ2n) is 10.7. The van der Waals surface area contributed by atoms with E-state index in [1.807, 2.05) is 18.2 Å². The minimum Gasteiger partial charge on any atom is -0.465 e. The molecule has 1 saturated heterocycles. The van der Waals surface area contributed by atoms with Crippen LogP contribution in [0.25, 0.3) is 21.9 Å². The molecule has 1 aliphatic heterocycles. The molecule has 0 bridgehead atoms. The molecule has 8 rings (SSSR count). The minimum absolute atomic E-state index is 0.105. The predicted molar refractivity (Wildman–Crippen MR) is 148 cm³/mol. The van der Waals surface area contributed by atoms with Gasteiger partial charge in [0.15, 0.2) is 5.76 Å². The summed E-state index contributed by atoms with van der Waals surface area (Å²) >= 11 is 0. The molecule has 2 amide bonds. The number of anilines is 1. The number of ether oxygens (including phenoxy) is 1. The number of hydrogen-bond donors (Lipinski definition) is 3. The van der Waals surface area contributed by atoms with Crippen LogP contribution in [0.5, 0.6) is 0 Å². The number of carbonyl (C=O) groups is 4. The van der Waals surface area contributed by atoms with Crippen LogP contribution in [0.3, 0.4) is 0 Å². The van der Waals surface area contributed by atoms with E-state index in [9.17, 15) is 19.2 Å². The summed E-state index contributed by atoms with van der Waals surface area (Å²) in [6.07, 6.45) is 3.78. The van der Waals surface area contributed by atoms with Crippen molar-refractivity contribution in [2.45, 2.75) is 11.8 Å². The first kappa shape index (κ1) is 23.5. The van der Waals surface area contributed by atoms with Crippen molar-refractivity contribution in [3.05, 3.63) is 101 Å². The van der Waals surface area contributed by atoms with Gasteiger partial charge in [-0.1, -0.05) is 18.2 Å². The van der Waals surface area contributed by atoms with E-state index in [2.05, 4.69) is 15.3 Å². The highest BCUT2D eigenvalue weighted by atomic mass is 16.5. The molecule has 10 nitrogen and oxygen atoms in total. The molecule has 3 aliphatic rings. The fraction of sp³-hybridized carbons (Fsp3) is 0.161. The third kappa shape index (κ3) is 3.24. The van der Waals surface area contributed by atoms with E-state index in [0.29, 0.717) is 46.0 Å². The first-order chi connectivity index (χ1) is 19.9. The zero-order valence-electron chi connectivity index (χ0n) is 21.7. The molecule has 202 valence electrons. The highest BCUT2D eigenvalue weighted by molar-refractivity contribution is 6.11. The van der Waals surface area contributed by atoms with Gasteiger partial charge in [0, 0.05) is 57.5 Å². The lowest BCUT2D eigenvalue weighted by molar-refractivity contribution is 0.0599. The number of likely N-dealkylation sites (tertiary alicyclic amines) is 1. The minimum atomic E-state index is -0.553. The van der Waals surface area contributed by atoms with Crippen LogP contribution in [0.1, 0.15) is 53.9 Å². The number of nitrogens with one attached hydrogen (secondary N) is 3. The number of rotatable bonds is 4. The number of H-pyrrole nitrogens is 2. The number of esters is 1. The van der Waals surface area contributed by atoms with Crippen molar-refractivity contribution in [1.82, 2.24) is 14.9 Å². The smallest absolute Gasteiger partial charge is 0.339 e.